The molecule has 0 amide bonds. The largest absolute Gasteiger partial charge is 0.378 e. The van der Waals surface area contributed by atoms with Crippen molar-refractivity contribution in [2.24, 2.45) is 5.92 Å². The molecule has 1 fully saturated rings. The predicted molar refractivity (Wildman–Crippen MR) is 97.8 cm³/mol. The number of hydrogen-bond acceptors (Lipinski definition) is 4. The monoisotopic (exact) mass is 392 g/mol. The van der Waals surface area contributed by atoms with Crippen LogP contribution in [0.4, 0.5) is 0 Å². The Morgan fingerprint density at radius 3 is 2.54 bits per heavy atom. The Labute approximate surface area is 152 Å². The van der Waals surface area contributed by atoms with Crippen LogP contribution in [0.3, 0.4) is 0 Å². The Morgan fingerprint density at radius 2 is 1.88 bits per heavy atom. The van der Waals surface area contributed by atoms with Gasteiger partial charge in [-0.1, -0.05) is 34.9 Å². The third kappa shape index (κ3) is 4.67. The second kappa shape index (κ2) is 8.26. The number of hydrogen-bond donors (Lipinski definition) is 0. The van der Waals surface area contributed by atoms with Gasteiger partial charge in [-0.2, -0.15) is 4.98 Å². The van der Waals surface area contributed by atoms with Crippen molar-refractivity contribution >= 4 is 15.9 Å². The van der Waals surface area contributed by atoms with Crippen LogP contribution in [0.1, 0.15) is 57.8 Å². The molecule has 1 heterocycles. The first-order chi connectivity index (χ1) is 11.6. The van der Waals surface area contributed by atoms with Gasteiger partial charge in [-0.05, 0) is 62.3 Å². The number of nitrogens with zero attached hydrogens (tertiary/aromatic N) is 2. The van der Waals surface area contributed by atoms with E-state index in [1.807, 2.05) is 24.3 Å². The Morgan fingerprint density at radius 1 is 1.17 bits per heavy atom. The lowest BCUT2D eigenvalue weighted by Gasteiger charge is -2.26. The van der Waals surface area contributed by atoms with Crippen molar-refractivity contribution in [2.75, 3.05) is 6.61 Å². The highest BCUT2D eigenvalue weighted by Gasteiger charge is 2.27. The third-order valence-electron chi connectivity index (χ3n) is 4.62. The number of benzene rings is 1. The molecular weight excluding hydrogens is 368 g/mol. The maximum atomic E-state index is 5.99. The van der Waals surface area contributed by atoms with Crippen molar-refractivity contribution in [2.45, 2.75) is 58.0 Å². The van der Waals surface area contributed by atoms with Crippen LogP contribution in [-0.4, -0.2) is 22.9 Å². The minimum Gasteiger partial charge on any atom is -0.378 e. The molecule has 24 heavy (non-hydrogen) atoms. The molecule has 1 aromatic carbocycles. The van der Waals surface area contributed by atoms with Gasteiger partial charge in [0.1, 0.15) is 0 Å². The molecule has 1 aromatic heterocycles. The molecule has 2 aromatic rings. The van der Waals surface area contributed by atoms with Crippen molar-refractivity contribution in [3.63, 3.8) is 0 Å². The normalized spacial score (nSPS) is 21.3. The summed E-state index contributed by atoms with van der Waals surface area (Å²) in [5.74, 6) is 2.52. The maximum Gasteiger partial charge on any atom is 0.230 e. The summed E-state index contributed by atoms with van der Waals surface area (Å²) in [5, 5.41) is 4.15. The molecule has 0 saturated heterocycles. The van der Waals surface area contributed by atoms with E-state index in [9.17, 15) is 0 Å². The van der Waals surface area contributed by atoms with Gasteiger partial charge in [0.2, 0.25) is 11.7 Å². The van der Waals surface area contributed by atoms with E-state index in [1.54, 1.807) is 0 Å². The summed E-state index contributed by atoms with van der Waals surface area (Å²) in [6, 6.07) is 7.98. The lowest BCUT2D eigenvalue weighted by Crippen LogP contribution is -2.21. The van der Waals surface area contributed by atoms with E-state index in [1.165, 1.54) is 0 Å². The first-order valence-electron chi connectivity index (χ1n) is 8.83. The molecule has 130 valence electrons. The molecule has 1 aliphatic carbocycles. The zero-order valence-corrected chi connectivity index (χ0v) is 16.0. The van der Waals surface area contributed by atoms with Crippen LogP contribution >= 0.6 is 15.9 Å². The summed E-state index contributed by atoms with van der Waals surface area (Å²) in [4.78, 5) is 4.61. The maximum absolute atomic E-state index is 5.99. The van der Waals surface area contributed by atoms with Crippen LogP contribution in [0.2, 0.25) is 0 Å². The van der Waals surface area contributed by atoms with Crippen LogP contribution in [0.5, 0.6) is 0 Å². The predicted octanol–water partition coefficient (Wildman–Crippen LogP) is 5.59. The van der Waals surface area contributed by atoms with Crippen LogP contribution in [0, 0.1) is 5.92 Å². The first kappa shape index (κ1) is 17.6. The second-order valence-corrected chi connectivity index (χ2v) is 7.91. The van der Waals surface area contributed by atoms with E-state index in [4.69, 9.17) is 9.26 Å². The summed E-state index contributed by atoms with van der Waals surface area (Å²) in [6.45, 7) is 5.35. The molecule has 0 radical (unpaired) electrons. The van der Waals surface area contributed by atoms with Crippen molar-refractivity contribution in [3.8, 4) is 11.4 Å². The first-order valence-corrected chi connectivity index (χ1v) is 9.62. The molecule has 0 N–H and O–H groups in total. The number of ether oxygens (including phenoxy) is 1. The highest BCUT2D eigenvalue weighted by atomic mass is 79.9. The zero-order valence-electron chi connectivity index (χ0n) is 14.4. The van der Waals surface area contributed by atoms with Gasteiger partial charge in [0.25, 0.3) is 0 Å². The minimum absolute atomic E-state index is 0.367. The zero-order chi connectivity index (χ0) is 16.9. The highest BCUT2D eigenvalue weighted by molar-refractivity contribution is 9.10. The molecule has 0 bridgehead atoms. The van der Waals surface area contributed by atoms with Crippen molar-refractivity contribution in [1.29, 1.82) is 0 Å². The van der Waals surface area contributed by atoms with Gasteiger partial charge in [-0.15, -0.1) is 0 Å². The summed E-state index contributed by atoms with van der Waals surface area (Å²) in [5.41, 5.74) is 0.985. The molecule has 4 nitrogen and oxygen atoms in total. The van der Waals surface area contributed by atoms with Gasteiger partial charge in [-0.3, -0.25) is 0 Å². The SMILES string of the molecule is CC(C)CCOC1CCC(c2nc(-c3ccc(Br)cc3)no2)CC1. The van der Waals surface area contributed by atoms with Gasteiger partial charge >= 0.3 is 0 Å². The molecule has 0 unspecified atom stereocenters. The molecule has 1 saturated carbocycles. The summed E-state index contributed by atoms with van der Waals surface area (Å²) in [6.07, 6.45) is 5.83. The summed E-state index contributed by atoms with van der Waals surface area (Å²) >= 11 is 3.44. The van der Waals surface area contributed by atoms with E-state index < -0.39 is 0 Å². The average molecular weight is 393 g/mol. The Kier molecular flexibility index (Phi) is 6.06. The second-order valence-electron chi connectivity index (χ2n) is 6.99. The molecule has 1 aliphatic rings. The van der Waals surface area contributed by atoms with Gasteiger partial charge in [0.05, 0.1) is 6.10 Å². The fourth-order valence-electron chi connectivity index (χ4n) is 3.06. The number of aromatic nitrogens is 2. The van der Waals surface area contributed by atoms with E-state index >= 15 is 0 Å². The van der Waals surface area contributed by atoms with Crippen LogP contribution in [-0.2, 0) is 4.74 Å². The van der Waals surface area contributed by atoms with Crippen molar-refractivity contribution in [3.05, 3.63) is 34.6 Å². The van der Waals surface area contributed by atoms with E-state index in [2.05, 4.69) is 39.9 Å². The van der Waals surface area contributed by atoms with Gasteiger partial charge in [0.15, 0.2) is 0 Å². The summed E-state index contributed by atoms with van der Waals surface area (Å²) in [7, 11) is 0. The molecule has 0 aliphatic heterocycles. The van der Waals surface area contributed by atoms with E-state index in [-0.39, 0.29) is 0 Å². The highest BCUT2D eigenvalue weighted by Crippen LogP contribution is 2.34. The Hall–Kier alpha value is -1.20. The van der Waals surface area contributed by atoms with E-state index in [0.717, 1.165) is 54.6 Å². The van der Waals surface area contributed by atoms with Crippen LogP contribution in [0.25, 0.3) is 11.4 Å². The Bertz CT molecular complexity index is 631. The number of rotatable bonds is 6. The van der Waals surface area contributed by atoms with E-state index in [0.29, 0.717) is 23.8 Å². The van der Waals surface area contributed by atoms with Gasteiger partial charge < -0.3 is 9.26 Å². The number of halogens is 1. The van der Waals surface area contributed by atoms with Crippen LogP contribution in [0.15, 0.2) is 33.3 Å². The lowest BCUT2D eigenvalue weighted by molar-refractivity contribution is 0.0174. The standard InChI is InChI=1S/C19H25BrN2O2/c1-13(2)11-12-23-17-9-5-15(6-10-17)19-21-18(22-24-19)14-3-7-16(20)8-4-14/h3-4,7-8,13,15,17H,5-6,9-12H2,1-2H3. The lowest BCUT2D eigenvalue weighted by atomic mass is 9.87. The topological polar surface area (TPSA) is 48.2 Å². The molecule has 0 atom stereocenters. The third-order valence-corrected chi connectivity index (χ3v) is 5.15. The molecule has 5 heteroatoms. The van der Waals surface area contributed by atoms with Crippen molar-refractivity contribution < 1.29 is 9.26 Å². The fraction of sp³-hybridized carbons (Fsp3) is 0.579. The summed E-state index contributed by atoms with van der Waals surface area (Å²) < 4.78 is 12.6. The molecular formula is C19H25BrN2O2. The van der Waals surface area contributed by atoms with Gasteiger partial charge in [-0.25, -0.2) is 0 Å². The smallest absolute Gasteiger partial charge is 0.230 e. The fourth-order valence-corrected chi connectivity index (χ4v) is 3.33. The minimum atomic E-state index is 0.367. The van der Waals surface area contributed by atoms with Crippen molar-refractivity contribution in [1.82, 2.24) is 10.1 Å². The van der Waals surface area contributed by atoms with Gasteiger partial charge in [0, 0.05) is 22.6 Å². The quantitative estimate of drug-likeness (QED) is 0.642. The average Bonchev–Trinajstić information content (AvgIpc) is 3.06. The molecule has 0 spiro atoms. The molecule has 3 rings (SSSR count). The van der Waals surface area contributed by atoms with Crippen LogP contribution < -0.4 is 0 Å². The Balaban J connectivity index is 1.53.